The molecule has 174 valence electrons. The van der Waals surface area contributed by atoms with Crippen molar-refractivity contribution < 1.29 is 18.0 Å². The number of nitrogens with zero attached hydrogens (tertiary/aromatic N) is 1. The van der Waals surface area contributed by atoms with Gasteiger partial charge < -0.3 is 5.32 Å². The average Bonchev–Trinajstić information content (AvgIpc) is 2.85. The highest BCUT2D eigenvalue weighted by molar-refractivity contribution is 7.89. The Morgan fingerprint density at radius 3 is 2.09 bits per heavy atom. The van der Waals surface area contributed by atoms with Crippen molar-refractivity contribution in [1.82, 2.24) is 4.31 Å². The molecule has 8 heteroatoms. The second kappa shape index (κ2) is 11.1. The molecular weight excluding hydrogens is 472 g/mol. The van der Waals surface area contributed by atoms with E-state index in [0.717, 1.165) is 0 Å². The molecule has 0 saturated carbocycles. The van der Waals surface area contributed by atoms with Crippen molar-refractivity contribution in [2.75, 3.05) is 18.4 Å². The van der Waals surface area contributed by atoms with Crippen LogP contribution in [0.1, 0.15) is 26.3 Å². The number of rotatable bonds is 10. The summed E-state index contributed by atoms with van der Waals surface area (Å²) in [5, 5.41) is 3.08. The van der Waals surface area contributed by atoms with Crippen molar-refractivity contribution >= 4 is 39.0 Å². The maximum Gasteiger partial charge on any atom is 0.255 e. The smallest absolute Gasteiger partial charge is 0.255 e. The molecule has 0 heterocycles. The molecular formula is C26H23ClN2O4S. The largest absolute Gasteiger partial charge is 0.321 e. The second-order valence-electron chi connectivity index (χ2n) is 7.26. The van der Waals surface area contributed by atoms with Gasteiger partial charge in [0, 0.05) is 34.8 Å². The van der Waals surface area contributed by atoms with Gasteiger partial charge in [0.15, 0.2) is 5.78 Å². The van der Waals surface area contributed by atoms with E-state index in [4.69, 9.17) is 11.6 Å². The van der Waals surface area contributed by atoms with Crippen molar-refractivity contribution in [2.45, 2.75) is 4.90 Å². The van der Waals surface area contributed by atoms with E-state index in [0.29, 0.717) is 16.3 Å². The van der Waals surface area contributed by atoms with Gasteiger partial charge in [-0.25, -0.2) is 8.42 Å². The van der Waals surface area contributed by atoms with E-state index in [1.807, 2.05) is 0 Å². The van der Waals surface area contributed by atoms with Gasteiger partial charge in [-0.15, -0.1) is 13.2 Å². The zero-order valence-electron chi connectivity index (χ0n) is 18.3. The van der Waals surface area contributed by atoms with Gasteiger partial charge >= 0.3 is 0 Å². The Balaban J connectivity index is 1.85. The minimum Gasteiger partial charge on any atom is -0.321 e. The summed E-state index contributed by atoms with van der Waals surface area (Å²) in [6.07, 6.45) is 2.98. The standard InChI is InChI=1S/C26H23ClN2O4S/c1-3-16-29(17-4-2)34(32,33)22-13-10-20(11-14-22)26(31)28-24-15-12-21(27)18-23(24)25(30)19-8-6-5-7-9-19/h3-15,18H,1-2,16-17H2,(H,28,31). The molecule has 0 saturated heterocycles. The number of anilines is 1. The van der Waals surface area contributed by atoms with Crippen LogP contribution in [0.3, 0.4) is 0 Å². The normalized spacial score (nSPS) is 11.1. The maximum atomic E-state index is 13.0. The first-order valence-electron chi connectivity index (χ1n) is 10.3. The third-order valence-electron chi connectivity index (χ3n) is 4.93. The van der Waals surface area contributed by atoms with Gasteiger partial charge in [0.2, 0.25) is 10.0 Å². The second-order valence-corrected chi connectivity index (χ2v) is 9.64. The number of nitrogens with one attached hydrogen (secondary N) is 1. The number of ketones is 1. The van der Waals surface area contributed by atoms with Gasteiger partial charge in [0.25, 0.3) is 5.91 Å². The van der Waals surface area contributed by atoms with E-state index in [2.05, 4.69) is 18.5 Å². The number of hydrogen-bond acceptors (Lipinski definition) is 4. The molecule has 0 spiro atoms. The van der Waals surface area contributed by atoms with Gasteiger partial charge in [0.05, 0.1) is 10.6 Å². The number of halogens is 1. The number of benzene rings is 3. The first-order valence-corrected chi connectivity index (χ1v) is 12.1. The van der Waals surface area contributed by atoms with E-state index in [1.54, 1.807) is 42.5 Å². The van der Waals surface area contributed by atoms with E-state index in [-0.39, 0.29) is 34.9 Å². The highest BCUT2D eigenvalue weighted by Gasteiger charge is 2.23. The highest BCUT2D eigenvalue weighted by atomic mass is 35.5. The molecule has 3 aromatic rings. The van der Waals surface area contributed by atoms with Crippen molar-refractivity contribution in [2.24, 2.45) is 0 Å². The number of hydrogen-bond donors (Lipinski definition) is 1. The molecule has 0 aliphatic rings. The van der Waals surface area contributed by atoms with Crippen molar-refractivity contribution in [3.05, 3.63) is 120 Å². The molecule has 6 nitrogen and oxygen atoms in total. The lowest BCUT2D eigenvalue weighted by Crippen LogP contribution is -2.31. The quantitative estimate of drug-likeness (QED) is 0.310. The number of amides is 1. The molecule has 0 fully saturated rings. The Hall–Kier alpha value is -3.52. The van der Waals surface area contributed by atoms with E-state index in [9.17, 15) is 18.0 Å². The summed E-state index contributed by atoms with van der Waals surface area (Å²) in [7, 11) is -3.78. The monoisotopic (exact) mass is 494 g/mol. The van der Waals surface area contributed by atoms with E-state index >= 15 is 0 Å². The molecule has 3 rings (SSSR count). The van der Waals surface area contributed by atoms with Gasteiger partial charge in [-0.3, -0.25) is 9.59 Å². The van der Waals surface area contributed by atoms with Crippen molar-refractivity contribution in [1.29, 1.82) is 0 Å². The number of carbonyl (C=O) groups excluding carboxylic acids is 2. The first-order chi connectivity index (χ1) is 16.3. The summed E-state index contributed by atoms with van der Waals surface area (Å²) in [5.41, 5.74) is 1.23. The third kappa shape index (κ3) is 5.69. The van der Waals surface area contributed by atoms with Crippen LogP contribution in [-0.2, 0) is 10.0 Å². The summed E-state index contributed by atoms with van der Waals surface area (Å²) in [5.74, 6) is -0.785. The van der Waals surface area contributed by atoms with Gasteiger partial charge in [0.1, 0.15) is 0 Å². The molecule has 0 bridgehead atoms. The summed E-state index contributed by atoms with van der Waals surface area (Å²) < 4.78 is 26.9. The van der Waals surface area contributed by atoms with Crippen LogP contribution in [0.25, 0.3) is 0 Å². The SMILES string of the molecule is C=CCN(CC=C)S(=O)(=O)c1ccc(C(=O)Nc2ccc(Cl)cc2C(=O)c2ccccc2)cc1. The Labute approximate surface area is 204 Å². The Morgan fingerprint density at radius 1 is 0.882 bits per heavy atom. The van der Waals surface area contributed by atoms with E-state index in [1.165, 1.54) is 46.8 Å². The van der Waals surface area contributed by atoms with Crippen LogP contribution >= 0.6 is 11.6 Å². The molecule has 1 N–H and O–H groups in total. The first kappa shape index (κ1) is 25.1. The minimum absolute atomic E-state index is 0.0409. The zero-order chi connectivity index (χ0) is 24.7. The predicted molar refractivity (Wildman–Crippen MR) is 135 cm³/mol. The summed E-state index contributed by atoms with van der Waals surface area (Å²) in [6, 6.07) is 18.8. The number of sulfonamides is 1. The topological polar surface area (TPSA) is 83.6 Å². The fourth-order valence-corrected chi connectivity index (χ4v) is 4.79. The van der Waals surface area contributed by atoms with Gasteiger partial charge in [-0.2, -0.15) is 4.31 Å². The lowest BCUT2D eigenvalue weighted by molar-refractivity contribution is 0.102. The van der Waals surface area contributed by atoms with Crippen LogP contribution < -0.4 is 5.32 Å². The molecule has 0 aliphatic heterocycles. The van der Waals surface area contributed by atoms with E-state index < -0.39 is 15.9 Å². The van der Waals surface area contributed by atoms with Crippen molar-refractivity contribution in [3.8, 4) is 0 Å². The molecule has 0 atom stereocenters. The molecule has 34 heavy (non-hydrogen) atoms. The third-order valence-corrected chi connectivity index (χ3v) is 7.01. The predicted octanol–water partition coefficient (Wildman–Crippen LogP) is 5.19. The molecule has 0 radical (unpaired) electrons. The molecule has 1 amide bonds. The van der Waals surface area contributed by atoms with Crippen LogP contribution in [-0.4, -0.2) is 37.5 Å². The minimum atomic E-state index is -3.78. The fourth-order valence-electron chi connectivity index (χ4n) is 3.24. The molecule has 0 unspecified atom stereocenters. The van der Waals surface area contributed by atoms with Crippen LogP contribution in [0.5, 0.6) is 0 Å². The van der Waals surface area contributed by atoms with Crippen LogP contribution in [0.15, 0.2) is 103 Å². The number of carbonyl (C=O) groups is 2. The molecule has 3 aromatic carbocycles. The Kier molecular flexibility index (Phi) is 8.17. The lowest BCUT2D eigenvalue weighted by Gasteiger charge is -2.19. The van der Waals surface area contributed by atoms with Crippen LogP contribution in [0.2, 0.25) is 5.02 Å². The highest BCUT2D eigenvalue weighted by Crippen LogP contribution is 2.25. The lowest BCUT2D eigenvalue weighted by atomic mass is 10.0. The van der Waals surface area contributed by atoms with Gasteiger partial charge in [-0.05, 0) is 42.5 Å². The summed E-state index contributed by atoms with van der Waals surface area (Å²) >= 11 is 6.09. The Morgan fingerprint density at radius 2 is 1.50 bits per heavy atom. The molecule has 0 aliphatic carbocycles. The fraction of sp³-hybridized carbons (Fsp3) is 0.0769. The summed E-state index contributed by atoms with van der Waals surface area (Å²) in [6.45, 7) is 7.43. The van der Waals surface area contributed by atoms with Crippen LogP contribution in [0, 0.1) is 0 Å². The Bertz CT molecular complexity index is 1310. The average molecular weight is 495 g/mol. The van der Waals surface area contributed by atoms with Gasteiger partial charge in [-0.1, -0.05) is 54.1 Å². The summed E-state index contributed by atoms with van der Waals surface area (Å²) in [4.78, 5) is 25.9. The molecule has 0 aromatic heterocycles. The van der Waals surface area contributed by atoms with Crippen LogP contribution in [0.4, 0.5) is 5.69 Å². The maximum absolute atomic E-state index is 13.0. The van der Waals surface area contributed by atoms with Crippen molar-refractivity contribution in [3.63, 3.8) is 0 Å². The zero-order valence-corrected chi connectivity index (χ0v) is 19.9.